The van der Waals surface area contributed by atoms with Crippen LogP contribution in [0.1, 0.15) is 30.1 Å². The number of hydrogen-bond acceptors (Lipinski definition) is 5. The zero-order valence-electron chi connectivity index (χ0n) is 16.9. The van der Waals surface area contributed by atoms with E-state index in [4.69, 9.17) is 4.74 Å². The predicted octanol–water partition coefficient (Wildman–Crippen LogP) is 2.79. The summed E-state index contributed by atoms with van der Waals surface area (Å²) < 4.78 is 5.35. The van der Waals surface area contributed by atoms with E-state index in [-0.39, 0.29) is 17.4 Å². The molecule has 0 radical (unpaired) electrons. The monoisotopic (exact) mass is 404 g/mol. The van der Waals surface area contributed by atoms with Crippen LogP contribution in [-0.2, 0) is 11.2 Å². The van der Waals surface area contributed by atoms with E-state index < -0.39 is 0 Å². The largest absolute Gasteiger partial charge is 0.496 e. The number of para-hydroxylation sites is 1. The van der Waals surface area contributed by atoms with Crippen molar-refractivity contribution in [1.82, 2.24) is 19.9 Å². The second kappa shape index (κ2) is 8.90. The van der Waals surface area contributed by atoms with Gasteiger partial charge in [-0.25, -0.2) is 4.98 Å². The Kier molecular flexibility index (Phi) is 5.88. The second-order valence-electron chi connectivity index (χ2n) is 7.37. The number of nitrogens with zero attached hydrogens (tertiary/aromatic N) is 3. The highest BCUT2D eigenvalue weighted by Gasteiger charge is 2.26. The van der Waals surface area contributed by atoms with E-state index >= 15 is 0 Å². The molecule has 1 amide bonds. The van der Waals surface area contributed by atoms with Gasteiger partial charge in [0, 0.05) is 36.8 Å². The Balaban J connectivity index is 1.43. The number of nitrogens with one attached hydrogen (secondary N) is 1. The third-order valence-corrected chi connectivity index (χ3v) is 5.46. The molecule has 0 aliphatic carbocycles. The lowest BCUT2D eigenvalue weighted by Gasteiger charge is -2.31. The maximum absolute atomic E-state index is 12.8. The van der Waals surface area contributed by atoms with Crippen molar-refractivity contribution in [3.63, 3.8) is 0 Å². The molecule has 0 spiro atoms. The highest BCUT2D eigenvalue weighted by atomic mass is 16.5. The van der Waals surface area contributed by atoms with Crippen LogP contribution in [-0.4, -0.2) is 46.0 Å². The van der Waals surface area contributed by atoms with Crippen molar-refractivity contribution in [3.05, 3.63) is 76.5 Å². The van der Waals surface area contributed by atoms with Crippen molar-refractivity contribution < 1.29 is 9.53 Å². The lowest BCUT2D eigenvalue weighted by Crippen LogP contribution is -2.39. The summed E-state index contributed by atoms with van der Waals surface area (Å²) in [5, 5.41) is 0. The van der Waals surface area contributed by atoms with Crippen molar-refractivity contribution >= 4 is 5.91 Å². The molecule has 4 rings (SSSR count). The van der Waals surface area contributed by atoms with Gasteiger partial charge in [-0.2, -0.15) is 0 Å². The molecular weight excluding hydrogens is 380 g/mol. The van der Waals surface area contributed by atoms with Crippen molar-refractivity contribution in [2.24, 2.45) is 0 Å². The summed E-state index contributed by atoms with van der Waals surface area (Å²) in [7, 11) is 1.61. The van der Waals surface area contributed by atoms with Crippen LogP contribution in [0.2, 0.25) is 0 Å². The van der Waals surface area contributed by atoms with Gasteiger partial charge in [-0.1, -0.05) is 24.3 Å². The third kappa shape index (κ3) is 4.40. The molecule has 1 aromatic carbocycles. The number of rotatable bonds is 5. The van der Waals surface area contributed by atoms with Crippen LogP contribution < -0.4 is 10.3 Å². The molecule has 1 aliphatic heterocycles. The minimum atomic E-state index is -0.185. The SMILES string of the molecule is COc1ccccc1CC(=O)N1CCC(c2nc(-c3ccccn3)cc(=O)[nH]2)CC1. The Morgan fingerprint density at radius 3 is 2.63 bits per heavy atom. The smallest absolute Gasteiger partial charge is 0.251 e. The van der Waals surface area contributed by atoms with Gasteiger partial charge in [0.15, 0.2) is 0 Å². The van der Waals surface area contributed by atoms with Crippen LogP contribution in [0.3, 0.4) is 0 Å². The van der Waals surface area contributed by atoms with Crippen molar-refractivity contribution in [3.8, 4) is 17.1 Å². The van der Waals surface area contributed by atoms with Crippen LogP contribution >= 0.6 is 0 Å². The van der Waals surface area contributed by atoms with E-state index in [9.17, 15) is 9.59 Å². The number of benzene rings is 1. The fraction of sp³-hybridized carbons (Fsp3) is 0.304. The summed E-state index contributed by atoms with van der Waals surface area (Å²) in [6, 6.07) is 14.6. The first-order chi connectivity index (χ1) is 14.6. The number of aromatic amines is 1. The molecule has 1 fully saturated rings. The number of carbonyl (C=O) groups excluding carboxylic acids is 1. The lowest BCUT2D eigenvalue weighted by molar-refractivity contribution is -0.131. The van der Waals surface area contributed by atoms with E-state index in [2.05, 4.69) is 15.0 Å². The van der Waals surface area contributed by atoms with Crippen LogP contribution in [0.15, 0.2) is 59.5 Å². The van der Waals surface area contributed by atoms with Gasteiger partial charge in [0.05, 0.1) is 24.9 Å². The summed E-state index contributed by atoms with van der Waals surface area (Å²) in [6.45, 7) is 1.27. The molecule has 7 nitrogen and oxygen atoms in total. The van der Waals surface area contributed by atoms with E-state index in [1.165, 1.54) is 6.07 Å². The number of ether oxygens (including phenoxy) is 1. The minimum Gasteiger partial charge on any atom is -0.496 e. The molecule has 0 atom stereocenters. The molecule has 154 valence electrons. The molecular formula is C23H24N4O3. The molecule has 0 saturated carbocycles. The van der Waals surface area contributed by atoms with E-state index in [0.29, 0.717) is 36.7 Å². The van der Waals surface area contributed by atoms with Crippen LogP contribution in [0, 0.1) is 0 Å². The third-order valence-electron chi connectivity index (χ3n) is 5.46. The quantitative estimate of drug-likeness (QED) is 0.706. The topological polar surface area (TPSA) is 88.2 Å². The number of carbonyl (C=O) groups is 1. The highest BCUT2D eigenvalue weighted by molar-refractivity contribution is 5.79. The first kappa shape index (κ1) is 19.8. The summed E-state index contributed by atoms with van der Waals surface area (Å²) in [6.07, 6.45) is 3.52. The molecule has 1 aliphatic rings. The number of aromatic nitrogens is 3. The number of pyridine rings is 1. The molecule has 1 saturated heterocycles. The normalized spacial score (nSPS) is 14.5. The predicted molar refractivity (Wildman–Crippen MR) is 113 cm³/mol. The molecule has 2 aromatic heterocycles. The van der Waals surface area contributed by atoms with Gasteiger partial charge in [-0.15, -0.1) is 0 Å². The molecule has 0 bridgehead atoms. The number of likely N-dealkylation sites (tertiary alicyclic amines) is 1. The van der Waals surface area contributed by atoms with Crippen molar-refractivity contribution in [2.45, 2.75) is 25.2 Å². The van der Waals surface area contributed by atoms with E-state index in [1.54, 1.807) is 13.3 Å². The standard InChI is InChI=1S/C23H24N4O3/c1-30-20-8-3-2-6-17(20)14-22(29)27-12-9-16(10-13-27)23-25-19(15-21(28)26-23)18-7-4-5-11-24-18/h2-8,11,15-16H,9-10,12-14H2,1H3,(H,25,26,28). The molecule has 1 N–H and O–H groups in total. The van der Waals surface area contributed by atoms with Gasteiger partial charge in [0.25, 0.3) is 5.56 Å². The highest BCUT2D eigenvalue weighted by Crippen LogP contribution is 2.27. The average molecular weight is 404 g/mol. The first-order valence-corrected chi connectivity index (χ1v) is 10.1. The number of hydrogen-bond donors (Lipinski definition) is 1. The fourth-order valence-corrected chi connectivity index (χ4v) is 3.84. The van der Waals surface area contributed by atoms with Gasteiger partial charge in [-0.3, -0.25) is 14.6 Å². The number of amides is 1. The summed E-state index contributed by atoms with van der Waals surface area (Å²) in [4.78, 5) is 38.6. The van der Waals surface area contributed by atoms with Gasteiger partial charge < -0.3 is 14.6 Å². The summed E-state index contributed by atoms with van der Waals surface area (Å²) in [5.41, 5.74) is 1.95. The van der Waals surface area contributed by atoms with Gasteiger partial charge >= 0.3 is 0 Å². The molecule has 3 aromatic rings. The number of H-pyrrole nitrogens is 1. The maximum Gasteiger partial charge on any atom is 0.251 e. The maximum atomic E-state index is 12.8. The zero-order valence-corrected chi connectivity index (χ0v) is 16.9. The second-order valence-corrected chi connectivity index (χ2v) is 7.37. The van der Waals surface area contributed by atoms with Crippen LogP contribution in [0.5, 0.6) is 5.75 Å². The fourth-order valence-electron chi connectivity index (χ4n) is 3.84. The van der Waals surface area contributed by atoms with Crippen LogP contribution in [0.25, 0.3) is 11.4 Å². The number of methoxy groups -OCH3 is 1. The number of piperidine rings is 1. The Morgan fingerprint density at radius 1 is 1.13 bits per heavy atom. The summed E-state index contributed by atoms with van der Waals surface area (Å²) >= 11 is 0. The molecule has 7 heteroatoms. The Bertz CT molecular complexity index is 1070. The van der Waals surface area contributed by atoms with Crippen molar-refractivity contribution in [2.75, 3.05) is 20.2 Å². The first-order valence-electron chi connectivity index (χ1n) is 10.1. The van der Waals surface area contributed by atoms with Crippen LogP contribution in [0.4, 0.5) is 0 Å². The molecule has 3 heterocycles. The zero-order chi connectivity index (χ0) is 20.9. The van der Waals surface area contributed by atoms with Gasteiger partial charge in [-0.05, 0) is 31.0 Å². The Morgan fingerprint density at radius 2 is 1.90 bits per heavy atom. The van der Waals surface area contributed by atoms with Crippen molar-refractivity contribution in [1.29, 1.82) is 0 Å². The average Bonchev–Trinajstić information content (AvgIpc) is 2.79. The minimum absolute atomic E-state index is 0.0849. The molecule has 30 heavy (non-hydrogen) atoms. The van der Waals surface area contributed by atoms with Gasteiger partial charge in [0.1, 0.15) is 11.6 Å². The summed E-state index contributed by atoms with van der Waals surface area (Å²) in [5.74, 6) is 1.59. The van der Waals surface area contributed by atoms with Gasteiger partial charge in [0.2, 0.25) is 5.91 Å². The lowest BCUT2D eigenvalue weighted by atomic mass is 9.95. The van der Waals surface area contributed by atoms with E-state index in [1.807, 2.05) is 47.4 Å². The Hall–Kier alpha value is -3.48. The van der Waals surface area contributed by atoms with E-state index in [0.717, 1.165) is 24.2 Å². The molecule has 0 unspecified atom stereocenters. The Labute approximate surface area is 174 Å².